The van der Waals surface area contributed by atoms with Crippen LogP contribution in [0.2, 0.25) is 0 Å². The third kappa shape index (κ3) is 2.63. The molecule has 0 aliphatic heterocycles. The van der Waals surface area contributed by atoms with Crippen molar-refractivity contribution in [2.75, 3.05) is 4.72 Å². The average molecular weight is 337 g/mol. The lowest BCUT2D eigenvalue weighted by Crippen LogP contribution is -2.33. The van der Waals surface area contributed by atoms with E-state index in [2.05, 4.69) is 27.3 Å². The first-order valence-electron chi connectivity index (χ1n) is 4.85. The number of sulfonamides is 1. The molecule has 1 N–H and O–H groups in total. The van der Waals surface area contributed by atoms with Crippen LogP contribution in [0.5, 0.6) is 0 Å². The topological polar surface area (TPSA) is 46.2 Å². The molecule has 2 rings (SSSR count). The molecule has 1 aromatic rings. The monoisotopic (exact) mass is 337 g/mol. The SMILES string of the molecule is O=S(=O)(Nc1cccc(I)c1)C1CCC1. The van der Waals surface area contributed by atoms with Gasteiger partial charge in [0.05, 0.1) is 5.25 Å². The van der Waals surface area contributed by atoms with Gasteiger partial charge >= 0.3 is 0 Å². The fraction of sp³-hybridized carbons (Fsp3) is 0.400. The Balaban J connectivity index is 2.14. The van der Waals surface area contributed by atoms with Gasteiger partial charge in [-0.05, 0) is 53.6 Å². The molecule has 15 heavy (non-hydrogen) atoms. The average Bonchev–Trinajstić information content (AvgIpc) is 1.97. The minimum absolute atomic E-state index is 0.185. The first kappa shape index (κ1) is 11.2. The van der Waals surface area contributed by atoms with Crippen LogP contribution in [0.3, 0.4) is 0 Å². The number of rotatable bonds is 3. The van der Waals surface area contributed by atoms with Crippen molar-refractivity contribution in [3.8, 4) is 0 Å². The van der Waals surface area contributed by atoms with E-state index in [0.29, 0.717) is 5.69 Å². The molecule has 1 fully saturated rings. The van der Waals surface area contributed by atoms with E-state index in [4.69, 9.17) is 0 Å². The number of benzene rings is 1. The number of anilines is 1. The summed E-state index contributed by atoms with van der Waals surface area (Å²) in [5, 5.41) is -0.185. The van der Waals surface area contributed by atoms with Crippen LogP contribution in [0.15, 0.2) is 24.3 Å². The second kappa shape index (κ2) is 4.29. The minimum atomic E-state index is -3.15. The molecule has 0 bridgehead atoms. The number of halogens is 1. The van der Waals surface area contributed by atoms with E-state index in [9.17, 15) is 8.42 Å². The molecule has 0 aromatic heterocycles. The molecule has 82 valence electrons. The van der Waals surface area contributed by atoms with Gasteiger partial charge in [-0.3, -0.25) is 4.72 Å². The Bertz CT molecular complexity index is 454. The molecule has 1 aromatic carbocycles. The Morgan fingerprint density at radius 2 is 2.07 bits per heavy atom. The molecule has 0 unspecified atom stereocenters. The van der Waals surface area contributed by atoms with Gasteiger partial charge in [-0.1, -0.05) is 12.5 Å². The van der Waals surface area contributed by atoms with Crippen molar-refractivity contribution >= 4 is 38.3 Å². The molecule has 0 spiro atoms. The van der Waals surface area contributed by atoms with Crippen molar-refractivity contribution in [3.05, 3.63) is 27.8 Å². The summed E-state index contributed by atoms with van der Waals surface area (Å²) in [6, 6.07) is 7.39. The maximum absolute atomic E-state index is 11.8. The molecular formula is C10H12INO2S. The highest BCUT2D eigenvalue weighted by Crippen LogP contribution is 2.27. The van der Waals surface area contributed by atoms with Crippen molar-refractivity contribution in [3.63, 3.8) is 0 Å². The highest BCUT2D eigenvalue weighted by atomic mass is 127. The van der Waals surface area contributed by atoms with Crippen LogP contribution >= 0.6 is 22.6 Å². The Labute approximate surface area is 103 Å². The van der Waals surface area contributed by atoms with Crippen LogP contribution < -0.4 is 4.72 Å². The zero-order valence-corrected chi connectivity index (χ0v) is 11.1. The second-order valence-corrected chi connectivity index (χ2v) is 6.92. The van der Waals surface area contributed by atoms with Crippen molar-refractivity contribution < 1.29 is 8.42 Å². The predicted octanol–water partition coefficient (Wildman–Crippen LogP) is 2.59. The Kier molecular flexibility index (Phi) is 3.20. The smallest absolute Gasteiger partial charge is 0.235 e. The van der Waals surface area contributed by atoms with E-state index >= 15 is 0 Å². The Morgan fingerprint density at radius 3 is 2.60 bits per heavy atom. The summed E-state index contributed by atoms with van der Waals surface area (Å²) in [6.45, 7) is 0. The Morgan fingerprint density at radius 1 is 1.33 bits per heavy atom. The summed E-state index contributed by atoms with van der Waals surface area (Å²) < 4.78 is 27.2. The molecule has 1 aliphatic rings. The molecule has 0 saturated heterocycles. The van der Waals surface area contributed by atoms with Gasteiger partial charge in [0.2, 0.25) is 10.0 Å². The van der Waals surface area contributed by atoms with Gasteiger partial charge < -0.3 is 0 Å². The van der Waals surface area contributed by atoms with E-state index in [1.807, 2.05) is 18.2 Å². The summed E-state index contributed by atoms with van der Waals surface area (Å²) in [5.74, 6) is 0. The zero-order valence-electron chi connectivity index (χ0n) is 8.11. The van der Waals surface area contributed by atoms with Gasteiger partial charge in [0.25, 0.3) is 0 Å². The minimum Gasteiger partial charge on any atom is -0.283 e. The molecule has 0 heterocycles. The van der Waals surface area contributed by atoms with Gasteiger partial charge in [-0.15, -0.1) is 0 Å². The largest absolute Gasteiger partial charge is 0.283 e. The molecule has 1 saturated carbocycles. The van der Waals surface area contributed by atoms with Crippen LogP contribution in [-0.2, 0) is 10.0 Å². The highest BCUT2D eigenvalue weighted by molar-refractivity contribution is 14.1. The van der Waals surface area contributed by atoms with E-state index in [1.54, 1.807) is 6.07 Å². The van der Waals surface area contributed by atoms with Crippen LogP contribution in [0.4, 0.5) is 5.69 Å². The molecule has 3 nitrogen and oxygen atoms in total. The third-order valence-corrected chi connectivity index (χ3v) is 5.12. The van der Waals surface area contributed by atoms with E-state index in [0.717, 1.165) is 22.8 Å². The maximum atomic E-state index is 11.8. The van der Waals surface area contributed by atoms with Gasteiger partial charge in [-0.2, -0.15) is 0 Å². The summed E-state index contributed by atoms with van der Waals surface area (Å²) in [6.07, 6.45) is 2.61. The zero-order chi connectivity index (χ0) is 10.9. The lowest BCUT2D eigenvalue weighted by molar-refractivity contribution is 0.479. The lowest BCUT2D eigenvalue weighted by Gasteiger charge is -2.25. The Hall–Kier alpha value is -0.300. The second-order valence-electron chi connectivity index (χ2n) is 3.71. The van der Waals surface area contributed by atoms with Crippen molar-refractivity contribution in [2.24, 2.45) is 0 Å². The molecule has 0 radical (unpaired) electrons. The van der Waals surface area contributed by atoms with E-state index < -0.39 is 10.0 Å². The molecule has 5 heteroatoms. The predicted molar refractivity (Wildman–Crippen MR) is 69.3 cm³/mol. The quantitative estimate of drug-likeness (QED) is 0.862. The van der Waals surface area contributed by atoms with Crippen LogP contribution in [-0.4, -0.2) is 13.7 Å². The number of hydrogen-bond donors (Lipinski definition) is 1. The molecule has 0 atom stereocenters. The van der Waals surface area contributed by atoms with E-state index in [1.165, 1.54) is 0 Å². The lowest BCUT2D eigenvalue weighted by atomic mass is 10.0. The molecule has 1 aliphatic carbocycles. The van der Waals surface area contributed by atoms with Crippen molar-refractivity contribution in [1.29, 1.82) is 0 Å². The summed E-state index contributed by atoms with van der Waals surface area (Å²) in [4.78, 5) is 0. The summed E-state index contributed by atoms with van der Waals surface area (Å²) in [7, 11) is -3.15. The normalized spacial score (nSPS) is 17.1. The standard InChI is InChI=1S/C10H12INO2S/c11-8-3-1-4-9(7-8)12-15(13,14)10-5-2-6-10/h1,3-4,7,10,12H,2,5-6H2. The van der Waals surface area contributed by atoms with Crippen molar-refractivity contribution in [2.45, 2.75) is 24.5 Å². The number of hydrogen-bond acceptors (Lipinski definition) is 2. The van der Waals surface area contributed by atoms with Gasteiger partial charge in [0.15, 0.2) is 0 Å². The third-order valence-electron chi connectivity index (χ3n) is 2.58. The molecular weight excluding hydrogens is 325 g/mol. The summed E-state index contributed by atoms with van der Waals surface area (Å²) >= 11 is 2.16. The van der Waals surface area contributed by atoms with Crippen molar-refractivity contribution in [1.82, 2.24) is 0 Å². The highest BCUT2D eigenvalue weighted by Gasteiger charge is 2.31. The summed E-state index contributed by atoms with van der Waals surface area (Å²) in [5.41, 5.74) is 0.661. The van der Waals surface area contributed by atoms with E-state index in [-0.39, 0.29) is 5.25 Å². The first-order chi connectivity index (χ1) is 7.08. The fourth-order valence-electron chi connectivity index (χ4n) is 1.48. The fourth-order valence-corrected chi connectivity index (χ4v) is 3.60. The van der Waals surface area contributed by atoms with Gasteiger partial charge in [0.1, 0.15) is 0 Å². The first-order valence-corrected chi connectivity index (χ1v) is 7.48. The number of nitrogens with one attached hydrogen (secondary N) is 1. The van der Waals surface area contributed by atoms with Crippen LogP contribution in [0.25, 0.3) is 0 Å². The van der Waals surface area contributed by atoms with Crippen LogP contribution in [0, 0.1) is 3.57 Å². The van der Waals surface area contributed by atoms with Gasteiger partial charge in [-0.25, -0.2) is 8.42 Å². The van der Waals surface area contributed by atoms with Gasteiger partial charge in [0, 0.05) is 9.26 Å². The maximum Gasteiger partial charge on any atom is 0.235 e. The van der Waals surface area contributed by atoms with Crippen LogP contribution in [0.1, 0.15) is 19.3 Å². The molecule has 0 amide bonds.